The Labute approximate surface area is 128 Å². The van der Waals surface area contributed by atoms with Crippen LogP contribution in [0.5, 0.6) is 0 Å². The first kappa shape index (κ1) is 16.2. The number of aliphatic hydroxyl groups excluding tert-OH is 1. The van der Waals surface area contributed by atoms with Crippen LogP contribution in [0.1, 0.15) is 54.4 Å². The van der Waals surface area contributed by atoms with Crippen molar-refractivity contribution in [1.82, 2.24) is 4.90 Å². The van der Waals surface area contributed by atoms with Gasteiger partial charge in [-0.3, -0.25) is 9.69 Å². The SMILES string of the molecule is Cc1ccc(C(=O)CCN(CCO)C2CCCCC2)cc1. The van der Waals surface area contributed by atoms with Crippen molar-refractivity contribution in [3.05, 3.63) is 35.4 Å². The van der Waals surface area contributed by atoms with E-state index in [2.05, 4.69) is 4.90 Å². The third kappa shape index (κ3) is 4.94. The van der Waals surface area contributed by atoms with Gasteiger partial charge in [-0.25, -0.2) is 0 Å². The summed E-state index contributed by atoms with van der Waals surface area (Å²) in [6.45, 7) is 3.65. The van der Waals surface area contributed by atoms with Gasteiger partial charge >= 0.3 is 0 Å². The van der Waals surface area contributed by atoms with E-state index in [0.29, 0.717) is 19.0 Å². The van der Waals surface area contributed by atoms with Crippen molar-refractivity contribution in [3.8, 4) is 0 Å². The number of nitrogens with zero attached hydrogens (tertiary/aromatic N) is 1. The number of aryl methyl sites for hydroxylation is 1. The maximum absolute atomic E-state index is 12.3. The average Bonchev–Trinajstić information content (AvgIpc) is 2.52. The van der Waals surface area contributed by atoms with E-state index in [-0.39, 0.29) is 12.4 Å². The van der Waals surface area contributed by atoms with Gasteiger partial charge in [-0.1, -0.05) is 49.1 Å². The molecule has 0 amide bonds. The number of carbonyl (C=O) groups excluding carboxylic acids is 1. The summed E-state index contributed by atoms with van der Waals surface area (Å²) in [4.78, 5) is 14.6. The number of aliphatic hydroxyl groups is 1. The van der Waals surface area contributed by atoms with Gasteiger partial charge in [-0.05, 0) is 19.8 Å². The molecule has 3 nitrogen and oxygen atoms in total. The van der Waals surface area contributed by atoms with Crippen molar-refractivity contribution >= 4 is 5.78 Å². The average molecular weight is 289 g/mol. The number of hydrogen-bond acceptors (Lipinski definition) is 3. The minimum atomic E-state index is 0.176. The number of carbonyl (C=O) groups is 1. The lowest BCUT2D eigenvalue weighted by Gasteiger charge is -2.33. The van der Waals surface area contributed by atoms with Crippen LogP contribution in [-0.4, -0.2) is 41.5 Å². The fourth-order valence-electron chi connectivity index (χ4n) is 3.18. The lowest BCUT2D eigenvalue weighted by atomic mass is 9.94. The van der Waals surface area contributed by atoms with E-state index in [1.807, 2.05) is 31.2 Å². The van der Waals surface area contributed by atoms with Gasteiger partial charge in [0.2, 0.25) is 0 Å². The normalized spacial score (nSPS) is 16.3. The van der Waals surface area contributed by atoms with Crippen LogP contribution in [0.25, 0.3) is 0 Å². The summed E-state index contributed by atoms with van der Waals surface area (Å²) in [5.74, 6) is 0.203. The Bertz CT molecular complexity index is 435. The van der Waals surface area contributed by atoms with E-state index in [4.69, 9.17) is 0 Å². The molecular formula is C18H27NO2. The van der Waals surface area contributed by atoms with Crippen LogP contribution in [0.3, 0.4) is 0 Å². The van der Waals surface area contributed by atoms with Crippen molar-refractivity contribution in [2.45, 2.75) is 51.5 Å². The molecule has 0 atom stereocenters. The quantitative estimate of drug-likeness (QED) is 0.784. The second kappa shape index (κ2) is 8.30. The molecule has 0 saturated heterocycles. The van der Waals surface area contributed by atoms with Gasteiger partial charge in [0.25, 0.3) is 0 Å². The number of rotatable bonds is 7. The summed E-state index contributed by atoms with van der Waals surface area (Å²) in [6, 6.07) is 8.35. The van der Waals surface area contributed by atoms with Gasteiger partial charge in [0, 0.05) is 31.1 Å². The summed E-state index contributed by atoms with van der Waals surface area (Å²) in [6.07, 6.45) is 6.83. The molecular weight excluding hydrogens is 262 g/mol. The van der Waals surface area contributed by atoms with Crippen LogP contribution < -0.4 is 0 Å². The van der Waals surface area contributed by atoms with Crippen LogP contribution in [0.4, 0.5) is 0 Å². The lowest BCUT2D eigenvalue weighted by Crippen LogP contribution is -2.40. The smallest absolute Gasteiger partial charge is 0.164 e. The molecule has 0 radical (unpaired) electrons. The fraction of sp³-hybridized carbons (Fsp3) is 0.611. The topological polar surface area (TPSA) is 40.5 Å². The Morgan fingerprint density at radius 1 is 1.14 bits per heavy atom. The number of hydrogen-bond donors (Lipinski definition) is 1. The molecule has 0 bridgehead atoms. The van der Waals surface area contributed by atoms with Crippen LogP contribution in [0.15, 0.2) is 24.3 Å². The molecule has 0 unspecified atom stereocenters. The van der Waals surface area contributed by atoms with Gasteiger partial charge in [-0.15, -0.1) is 0 Å². The highest BCUT2D eigenvalue weighted by Gasteiger charge is 2.21. The predicted molar refractivity (Wildman–Crippen MR) is 85.7 cm³/mol. The monoisotopic (exact) mass is 289 g/mol. The van der Waals surface area contributed by atoms with Gasteiger partial charge in [-0.2, -0.15) is 0 Å². The lowest BCUT2D eigenvalue weighted by molar-refractivity contribution is 0.0903. The molecule has 1 aromatic carbocycles. The molecule has 1 aromatic rings. The maximum atomic E-state index is 12.3. The van der Waals surface area contributed by atoms with E-state index in [1.54, 1.807) is 0 Å². The minimum absolute atomic E-state index is 0.176. The molecule has 2 rings (SSSR count). The molecule has 116 valence electrons. The second-order valence-electron chi connectivity index (χ2n) is 6.09. The van der Waals surface area contributed by atoms with Crippen molar-refractivity contribution in [3.63, 3.8) is 0 Å². The van der Waals surface area contributed by atoms with E-state index >= 15 is 0 Å². The predicted octanol–water partition coefficient (Wildman–Crippen LogP) is 3.19. The first-order valence-electron chi connectivity index (χ1n) is 8.15. The molecule has 1 aliphatic carbocycles. The molecule has 1 saturated carbocycles. The second-order valence-corrected chi connectivity index (χ2v) is 6.09. The Morgan fingerprint density at radius 2 is 1.81 bits per heavy atom. The largest absolute Gasteiger partial charge is 0.395 e. The van der Waals surface area contributed by atoms with Gasteiger partial charge in [0.15, 0.2) is 5.78 Å². The molecule has 1 aliphatic rings. The zero-order chi connectivity index (χ0) is 15.1. The van der Waals surface area contributed by atoms with Gasteiger partial charge in [0.05, 0.1) is 6.61 Å². The highest BCUT2D eigenvalue weighted by atomic mass is 16.3. The van der Waals surface area contributed by atoms with Gasteiger partial charge in [0.1, 0.15) is 0 Å². The molecule has 1 fully saturated rings. The summed E-state index contributed by atoms with van der Waals surface area (Å²) in [5.41, 5.74) is 1.98. The van der Waals surface area contributed by atoms with E-state index in [0.717, 1.165) is 12.1 Å². The van der Waals surface area contributed by atoms with Crippen molar-refractivity contribution in [2.75, 3.05) is 19.7 Å². The van der Waals surface area contributed by atoms with Crippen LogP contribution in [-0.2, 0) is 0 Å². The maximum Gasteiger partial charge on any atom is 0.164 e. The number of ketones is 1. The van der Waals surface area contributed by atoms with Crippen molar-refractivity contribution in [1.29, 1.82) is 0 Å². The van der Waals surface area contributed by atoms with E-state index in [1.165, 1.54) is 37.7 Å². The molecule has 1 N–H and O–H groups in total. The molecule has 0 spiro atoms. The van der Waals surface area contributed by atoms with Crippen LogP contribution >= 0.6 is 0 Å². The Balaban J connectivity index is 1.88. The number of Topliss-reactive ketones (excluding diaryl/α,β-unsaturated/α-hetero) is 1. The third-order valence-corrected chi connectivity index (χ3v) is 4.48. The Morgan fingerprint density at radius 3 is 2.43 bits per heavy atom. The molecule has 0 aromatic heterocycles. The molecule has 0 aliphatic heterocycles. The Kier molecular flexibility index (Phi) is 6.40. The van der Waals surface area contributed by atoms with E-state index in [9.17, 15) is 9.90 Å². The standard InChI is InChI=1S/C18H27NO2/c1-15-7-9-16(10-8-15)18(21)11-12-19(13-14-20)17-5-3-2-4-6-17/h7-10,17,20H,2-6,11-14H2,1H3. The summed E-state index contributed by atoms with van der Waals surface area (Å²) in [7, 11) is 0. The highest BCUT2D eigenvalue weighted by molar-refractivity contribution is 5.96. The zero-order valence-electron chi connectivity index (χ0n) is 13.1. The first-order chi connectivity index (χ1) is 10.2. The summed E-state index contributed by atoms with van der Waals surface area (Å²) in [5, 5.41) is 9.25. The van der Waals surface area contributed by atoms with Crippen molar-refractivity contribution < 1.29 is 9.90 Å². The zero-order valence-corrected chi connectivity index (χ0v) is 13.1. The van der Waals surface area contributed by atoms with Crippen LogP contribution in [0.2, 0.25) is 0 Å². The fourth-order valence-corrected chi connectivity index (χ4v) is 3.18. The number of benzene rings is 1. The molecule has 0 heterocycles. The highest BCUT2D eigenvalue weighted by Crippen LogP contribution is 2.22. The van der Waals surface area contributed by atoms with E-state index < -0.39 is 0 Å². The minimum Gasteiger partial charge on any atom is -0.395 e. The first-order valence-corrected chi connectivity index (χ1v) is 8.15. The summed E-state index contributed by atoms with van der Waals surface area (Å²) < 4.78 is 0. The Hall–Kier alpha value is -1.19. The summed E-state index contributed by atoms with van der Waals surface area (Å²) >= 11 is 0. The van der Waals surface area contributed by atoms with Crippen LogP contribution in [0, 0.1) is 6.92 Å². The van der Waals surface area contributed by atoms with Crippen molar-refractivity contribution in [2.24, 2.45) is 0 Å². The molecule has 3 heteroatoms. The molecule has 21 heavy (non-hydrogen) atoms. The van der Waals surface area contributed by atoms with Gasteiger partial charge < -0.3 is 5.11 Å². The third-order valence-electron chi connectivity index (χ3n) is 4.48.